The van der Waals surface area contributed by atoms with Crippen molar-refractivity contribution in [1.29, 1.82) is 0 Å². The third kappa shape index (κ3) is 7.89. The third-order valence-electron chi connectivity index (χ3n) is 4.05. The van der Waals surface area contributed by atoms with Crippen molar-refractivity contribution in [3.05, 3.63) is 35.9 Å². The number of alkyl carbamates (subject to hydrolysis) is 1. The summed E-state index contributed by atoms with van der Waals surface area (Å²) in [5.74, 6) is -3.11. The van der Waals surface area contributed by atoms with Gasteiger partial charge in [0, 0.05) is 0 Å². The van der Waals surface area contributed by atoms with Gasteiger partial charge in [0.25, 0.3) is 5.91 Å². The summed E-state index contributed by atoms with van der Waals surface area (Å²) in [4.78, 5) is 49.7. The Morgan fingerprint density at radius 3 is 2.13 bits per heavy atom. The molecule has 0 heterocycles. The average Bonchev–Trinajstić information content (AvgIpc) is 2.68. The van der Waals surface area contributed by atoms with Gasteiger partial charge in [-0.05, 0) is 40.2 Å². The minimum absolute atomic E-state index is 0.0802. The molecule has 0 radical (unpaired) electrons. The van der Waals surface area contributed by atoms with Crippen molar-refractivity contribution in [1.82, 2.24) is 10.6 Å². The van der Waals surface area contributed by atoms with Crippen molar-refractivity contribution in [3.8, 4) is 0 Å². The summed E-state index contributed by atoms with van der Waals surface area (Å²) in [6, 6.07) is 7.31. The van der Waals surface area contributed by atoms with Gasteiger partial charge in [0.05, 0.1) is 13.2 Å². The molecule has 0 aliphatic carbocycles. The lowest BCUT2D eigenvalue weighted by Gasteiger charge is -2.30. The highest BCUT2D eigenvalue weighted by molar-refractivity contribution is 6.09. The first-order valence-corrected chi connectivity index (χ1v) is 9.59. The summed E-state index contributed by atoms with van der Waals surface area (Å²) < 4.78 is 14.9. The Hall–Kier alpha value is -3.14. The molecule has 1 aromatic rings. The summed E-state index contributed by atoms with van der Waals surface area (Å²) in [6.07, 6.45) is -2.40. The predicted molar refractivity (Wildman–Crippen MR) is 110 cm³/mol. The number of ether oxygens (including phenoxy) is 3. The molecule has 172 valence electrons. The number of hydrogen-bond acceptors (Lipinski definition) is 8. The Kier molecular flexibility index (Phi) is 8.99. The van der Waals surface area contributed by atoms with Gasteiger partial charge in [0.15, 0.2) is 6.04 Å². The highest BCUT2D eigenvalue weighted by Gasteiger charge is 2.47. The van der Waals surface area contributed by atoms with Crippen molar-refractivity contribution in [3.63, 3.8) is 0 Å². The molecule has 1 rings (SSSR count). The second kappa shape index (κ2) is 10.8. The maximum atomic E-state index is 12.9. The molecule has 2 amide bonds. The van der Waals surface area contributed by atoms with Crippen LogP contribution >= 0.6 is 0 Å². The maximum absolute atomic E-state index is 12.9. The molecule has 0 fully saturated rings. The van der Waals surface area contributed by atoms with Crippen LogP contribution in [-0.2, 0) is 35.2 Å². The first-order valence-electron chi connectivity index (χ1n) is 9.59. The second-order valence-corrected chi connectivity index (χ2v) is 8.03. The van der Waals surface area contributed by atoms with E-state index in [4.69, 9.17) is 9.47 Å². The zero-order valence-corrected chi connectivity index (χ0v) is 18.6. The van der Waals surface area contributed by atoms with Gasteiger partial charge in [0.2, 0.25) is 5.54 Å². The van der Waals surface area contributed by atoms with Crippen molar-refractivity contribution >= 4 is 23.9 Å². The molecule has 3 N–H and O–H groups in total. The fraction of sp³-hybridized carbons (Fsp3) is 0.524. The number of hydrogen-bond donors (Lipinski definition) is 3. The van der Waals surface area contributed by atoms with Gasteiger partial charge >= 0.3 is 18.0 Å². The largest absolute Gasteiger partial charge is 0.467 e. The van der Waals surface area contributed by atoms with Crippen LogP contribution in [-0.4, -0.2) is 59.4 Å². The third-order valence-corrected chi connectivity index (χ3v) is 4.05. The van der Waals surface area contributed by atoms with Gasteiger partial charge in [-0.15, -0.1) is 0 Å². The summed E-state index contributed by atoms with van der Waals surface area (Å²) in [6.45, 7) is 7.10. The standard InChI is InChI=1S/C21H30N2O8/c1-13(24)15(16(25)30-12-14-10-8-7-9-11-14)22-17(26)21(5,18(27)29-6)23-19(28)31-20(2,3)4/h7-11,13,15,24H,12H2,1-6H3,(H,22,26)(H,23,28)/t13-,15+,21-/m1/s1. The minimum Gasteiger partial charge on any atom is -0.467 e. The molecule has 0 bridgehead atoms. The zero-order valence-electron chi connectivity index (χ0n) is 18.6. The lowest BCUT2D eigenvalue weighted by Crippen LogP contribution is -2.65. The van der Waals surface area contributed by atoms with Crippen molar-refractivity contribution < 1.29 is 38.5 Å². The SMILES string of the molecule is COC(=O)[C@](C)(NC(=O)OC(C)(C)C)C(=O)N[C@H](C(=O)OCc1ccccc1)[C@@H](C)O. The van der Waals surface area contributed by atoms with Crippen LogP contribution in [0, 0.1) is 0 Å². The van der Waals surface area contributed by atoms with Gasteiger partial charge in [-0.2, -0.15) is 0 Å². The lowest BCUT2D eigenvalue weighted by molar-refractivity contribution is -0.158. The molecule has 0 unspecified atom stereocenters. The molecule has 0 aromatic heterocycles. The minimum atomic E-state index is -2.23. The van der Waals surface area contributed by atoms with E-state index in [0.717, 1.165) is 14.0 Å². The molecule has 1 aromatic carbocycles. The van der Waals surface area contributed by atoms with Crippen molar-refractivity contribution in [2.75, 3.05) is 7.11 Å². The zero-order chi connectivity index (χ0) is 23.8. The molecule has 0 aliphatic heterocycles. The van der Waals surface area contributed by atoms with Crippen LogP contribution in [0.15, 0.2) is 30.3 Å². The Morgan fingerprint density at radius 1 is 1.06 bits per heavy atom. The first kappa shape index (κ1) is 25.9. The van der Waals surface area contributed by atoms with E-state index in [1.807, 2.05) is 0 Å². The quantitative estimate of drug-likeness (QED) is 0.311. The van der Waals surface area contributed by atoms with E-state index in [-0.39, 0.29) is 6.61 Å². The molecule has 3 atom stereocenters. The monoisotopic (exact) mass is 438 g/mol. The van der Waals surface area contributed by atoms with E-state index >= 15 is 0 Å². The second-order valence-electron chi connectivity index (χ2n) is 8.03. The number of nitrogens with one attached hydrogen (secondary N) is 2. The van der Waals surface area contributed by atoms with Crippen molar-refractivity contribution in [2.24, 2.45) is 0 Å². The Balaban J connectivity index is 2.96. The number of aliphatic hydroxyl groups excluding tert-OH is 1. The molecule has 0 saturated heterocycles. The Labute approximate surface area is 181 Å². The molecule has 0 aliphatic rings. The van der Waals surface area contributed by atoms with E-state index < -0.39 is 47.2 Å². The highest BCUT2D eigenvalue weighted by atomic mass is 16.6. The highest BCUT2D eigenvalue weighted by Crippen LogP contribution is 2.13. The van der Waals surface area contributed by atoms with E-state index in [9.17, 15) is 24.3 Å². The van der Waals surface area contributed by atoms with Crippen LogP contribution in [0.25, 0.3) is 0 Å². The molecule has 0 spiro atoms. The number of amides is 2. The molecular weight excluding hydrogens is 408 g/mol. The molecule has 0 saturated carbocycles. The Morgan fingerprint density at radius 2 is 1.65 bits per heavy atom. The predicted octanol–water partition coefficient (Wildman–Crippen LogP) is 1.05. The van der Waals surface area contributed by atoms with Gasteiger partial charge in [-0.1, -0.05) is 30.3 Å². The van der Waals surface area contributed by atoms with E-state index in [1.165, 1.54) is 6.92 Å². The number of esters is 2. The topological polar surface area (TPSA) is 140 Å². The number of carbonyl (C=O) groups excluding carboxylic acids is 4. The van der Waals surface area contributed by atoms with E-state index in [1.54, 1.807) is 51.1 Å². The fourth-order valence-electron chi connectivity index (χ4n) is 2.39. The summed E-state index contributed by atoms with van der Waals surface area (Å²) >= 11 is 0. The summed E-state index contributed by atoms with van der Waals surface area (Å²) in [5.41, 5.74) is -2.41. The summed E-state index contributed by atoms with van der Waals surface area (Å²) in [7, 11) is 1.03. The number of carbonyl (C=O) groups is 4. The lowest BCUT2D eigenvalue weighted by atomic mass is 10.0. The van der Waals surface area contributed by atoms with Gasteiger partial charge in [0.1, 0.15) is 12.2 Å². The number of methoxy groups -OCH3 is 1. The van der Waals surface area contributed by atoms with Crippen LogP contribution in [0.5, 0.6) is 0 Å². The first-order chi connectivity index (χ1) is 14.3. The van der Waals surface area contributed by atoms with Crippen LogP contribution in [0.2, 0.25) is 0 Å². The van der Waals surface area contributed by atoms with Gasteiger partial charge in [-0.25, -0.2) is 14.4 Å². The van der Waals surface area contributed by atoms with Crippen LogP contribution in [0.1, 0.15) is 40.2 Å². The Bertz CT molecular complexity index is 788. The molecular formula is C21H30N2O8. The normalized spacial score (nSPS) is 14.9. The van der Waals surface area contributed by atoms with Crippen molar-refractivity contribution in [2.45, 2.75) is 64.5 Å². The van der Waals surface area contributed by atoms with Crippen LogP contribution in [0.3, 0.4) is 0 Å². The maximum Gasteiger partial charge on any atom is 0.408 e. The number of benzene rings is 1. The van der Waals surface area contributed by atoms with E-state index in [2.05, 4.69) is 15.4 Å². The molecule has 31 heavy (non-hydrogen) atoms. The van der Waals surface area contributed by atoms with E-state index in [0.29, 0.717) is 5.56 Å². The number of aliphatic hydroxyl groups is 1. The van der Waals surface area contributed by atoms with Crippen LogP contribution < -0.4 is 10.6 Å². The molecule has 10 heteroatoms. The molecule has 10 nitrogen and oxygen atoms in total. The van der Waals surface area contributed by atoms with Gasteiger partial charge in [-0.3, -0.25) is 10.1 Å². The fourth-order valence-corrected chi connectivity index (χ4v) is 2.39. The van der Waals surface area contributed by atoms with Gasteiger partial charge < -0.3 is 24.6 Å². The smallest absolute Gasteiger partial charge is 0.408 e. The number of rotatable bonds is 8. The van der Waals surface area contributed by atoms with Crippen LogP contribution in [0.4, 0.5) is 4.79 Å². The summed E-state index contributed by atoms with van der Waals surface area (Å²) in [5, 5.41) is 14.4. The average molecular weight is 438 g/mol.